The average molecular weight is 604 g/mol. The molecule has 8 nitrogen and oxygen atoms in total. The number of nitrogens with zero attached hydrogens (tertiary/aromatic N) is 1. The normalized spacial score (nSPS) is 11.1. The second-order valence-electron chi connectivity index (χ2n) is 9.87. The molecule has 0 fully saturated rings. The van der Waals surface area contributed by atoms with Crippen LogP contribution in [0, 0.1) is 39.0 Å². The molecule has 0 atom stereocenters. The van der Waals surface area contributed by atoms with Gasteiger partial charge < -0.3 is 18.9 Å². The maximum atomic E-state index is 13.3. The molecule has 0 aliphatic heterocycles. The number of Topliss-reactive ketones (excluding diaryl/α,β-unsaturated/α-hetero) is 1. The van der Waals surface area contributed by atoms with E-state index in [4.69, 9.17) is 18.9 Å². The van der Waals surface area contributed by atoms with E-state index in [2.05, 4.69) is 32.9 Å². The van der Waals surface area contributed by atoms with Crippen molar-refractivity contribution in [3.63, 3.8) is 0 Å². The van der Waals surface area contributed by atoms with Crippen LogP contribution in [0.3, 0.4) is 0 Å². The first kappa shape index (κ1) is 33.1. The van der Waals surface area contributed by atoms with Crippen molar-refractivity contribution in [1.29, 1.82) is 5.26 Å². The first-order valence-corrected chi connectivity index (χ1v) is 14.9. The van der Waals surface area contributed by atoms with Gasteiger partial charge in [0, 0.05) is 11.3 Å². The van der Waals surface area contributed by atoms with E-state index >= 15 is 0 Å². The SMILES string of the molecule is CCOC(=O)c1sc(CC(=O)/C(C#N)=C/c2ccc(OCc3c(C)cc(C)cc3C)c(OCC)c2)c(C(=O)OCC)c1C. The molecule has 0 saturated heterocycles. The first-order chi connectivity index (χ1) is 20.5. The topological polar surface area (TPSA) is 112 Å². The van der Waals surface area contributed by atoms with Crippen LogP contribution < -0.4 is 9.47 Å². The van der Waals surface area contributed by atoms with E-state index in [0.717, 1.165) is 28.0 Å². The second kappa shape index (κ2) is 15.2. The highest BCUT2D eigenvalue weighted by molar-refractivity contribution is 7.14. The number of rotatable bonds is 13. The zero-order chi connectivity index (χ0) is 31.7. The Morgan fingerprint density at radius 3 is 2.12 bits per heavy atom. The van der Waals surface area contributed by atoms with Gasteiger partial charge in [-0.05, 0) is 94.5 Å². The van der Waals surface area contributed by atoms with Gasteiger partial charge in [-0.3, -0.25) is 4.79 Å². The van der Waals surface area contributed by atoms with Gasteiger partial charge in [-0.2, -0.15) is 5.26 Å². The molecular weight excluding hydrogens is 566 g/mol. The van der Waals surface area contributed by atoms with Crippen LogP contribution in [0.4, 0.5) is 0 Å². The van der Waals surface area contributed by atoms with Gasteiger partial charge >= 0.3 is 11.9 Å². The van der Waals surface area contributed by atoms with Gasteiger partial charge in [-0.1, -0.05) is 23.8 Å². The van der Waals surface area contributed by atoms with Gasteiger partial charge in [0.2, 0.25) is 0 Å². The number of aryl methyl sites for hydroxylation is 3. The fraction of sp³-hybridized carbons (Fsp3) is 0.353. The number of carbonyl (C=O) groups is 3. The van der Waals surface area contributed by atoms with Crippen LogP contribution in [0.5, 0.6) is 11.5 Å². The van der Waals surface area contributed by atoms with Crippen LogP contribution in [0.25, 0.3) is 6.08 Å². The summed E-state index contributed by atoms with van der Waals surface area (Å²) in [5.74, 6) is -0.689. The Labute approximate surface area is 256 Å². The summed E-state index contributed by atoms with van der Waals surface area (Å²) in [5, 5.41) is 9.87. The molecule has 9 heteroatoms. The molecule has 0 N–H and O–H groups in total. The maximum Gasteiger partial charge on any atom is 0.348 e. The lowest BCUT2D eigenvalue weighted by Crippen LogP contribution is -2.12. The molecule has 0 unspecified atom stereocenters. The van der Waals surface area contributed by atoms with Crippen molar-refractivity contribution in [3.05, 3.63) is 84.6 Å². The monoisotopic (exact) mass is 603 g/mol. The summed E-state index contributed by atoms with van der Waals surface area (Å²) < 4.78 is 22.3. The Morgan fingerprint density at radius 2 is 1.51 bits per heavy atom. The predicted molar refractivity (Wildman–Crippen MR) is 166 cm³/mol. The van der Waals surface area contributed by atoms with Gasteiger partial charge in [0.05, 0.1) is 31.0 Å². The molecule has 226 valence electrons. The fourth-order valence-corrected chi connectivity index (χ4v) is 5.92. The van der Waals surface area contributed by atoms with E-state index in [1.54, 1.807) is 39.0 Å². The number of allylic oxidation sites excluding steroid dienone is 1. The van der Waals surface area contributed by atoms with Gasteiger partial charge in [0.1, 0.15) is 17.6 Å². The Bertz CT molecular complexity index is 1570. The molecule has 0 spiro atoms. The Kier molecular flexibility index (Phi) is 11.7. The third-order valence-electron chi connectivity index (χ3n) is 6.69. The van der Waals surface area contributed by atoms with Crippen molar-refractivity contribution in [2.75, 3.05) is 19.8 Å². The number of ether oxygens (including phenoxy) is 4. The van der Waals surface area contributed by atoms with Crippen LogP contribution in [0.15, 0.2) is 35.9 Å². The zero-order valence-electron chi connectivity index (χ0n) is 25.7. The molecule has 0 aliphatic rings. The van der Waals surface area contributed by atoms with Crippen LogP contribution >= 0.6 is 11.3 Å². The molecule has 0 saturated carbocycles. The lowest BCUT2D eigenvalue weighted by molar-refractivity contribution is -0.114. The molecule has 0 amide bonds. The molecule has 0 aliphatic carbocycles. The van der Waals surface area contributed by atoms with Crippen LogP contribution in [-0.2, 0) is 27.3 Å². The number of esters is 2. The third-order valence-corrected chi connectivity index (χ3v) is 7.96. The number of carbonyl (C=O) groups excluding carboxylic acids is 3. The van der Waals surface area contributed by atoms with E-state index in [0.29, 0.717) is 40.7 Å². The fourth-order valence-electron chi connectivity index (χ4n) is 4.73. The van der Waals surface area contributed by atoms with Crippen LogP contribution in [-0.4, -0.2) is 37.5 Å². The van der Waals surface area contributed by atoms with Crippen molar-refractivity contribution in [2.45, 2.75) is 61.5 Å². The molecule has 2 aromatic carbocycles. The highest BCUT2D eigenvalue weighted by Crippen LogP contribution is 2.33. The number of thiophene rings is 1. The van der Waals surface area contributed by atoms with Crippen molar-refractivity contribution in [1.82, 2.24) is 0 Å². The van der Waals surface area contributed by atoms with Crippen molar-refractivity contribution < 1.29 is 33.3 Å². The van der Waals surface area contributed by atoms with Crippen LogP contribution in [0.1, 0.15) is 79.1 Å². The molecule has 43 heavy (non-hydrogen) atoms. The summed E-state index contributed by atoms with van der Waals surface area (Å²) in [4.78, 5) is 39.1. The summed E-state index contributed by atoms with van der Waals surface area (Å²) in [6.45, 7) is 14.1. The zero-order valence-corrected chi connectivity index (χ0v) is 26.5. The van der Waals surface area contributed by atoms with Gasteiger partial charge in [0.15, 0.2) is 17.3 Å². The van der Waals surface area contributed by atoms with Crippen molar-refractivity contribution in [3.8, 4) is 17.6 Å². The van der Waals surface area contributed by atoms with E-state index in [-0.39, 0.29) is 35.6 Å². The van der Waals surface area contributed by atoms with Gasteiger partial charge in [0.25, 0.3) is 0 Å². The lowest BCUT2D eigenvalue weighted by Gasteiger charge is -2.16. The minimum Gasteiger partial charge on any atom is -0.490 e. The highest BCUT2D eigenvalue weighted by Gasteiger charge is 2.28. The van der Waals surface area contributed by atoms with Crippen molar-refractivity contribution in [2.24, 2.45) is 0 Å². The molecule has 3 aromatic rings. The van der Waals surface area contributed by atoms with E-state index in [1.165, 1.54) is 11.6 Å². The number of hydrogen-bond acceptors (Lipinski definition) is 9. The van der Waals surface area contributed by atoms with Gasteiger partial charge in [-0.25, -0.2) is 9.59 Å². The summed E-state index contributed by atoms with van der Waals surface area (Å²) >= 11 is 0.999. The van der Waals surface area contributed by atoms with E-state index in [9.17, 15) is 19.6 Å². The summed E-state index contributed by atoms with van der Waals surface area (Å²) in [7, 11) is 0. The standard InChI is InChI=1S/C34H37NO7S/c1-8-39-29-16-24(11-12-28(29)42-19-26-21(5)13-20(4)14-22(26)6)15-25(18-35)27(36)17-30-31(33(37)40-9-2)23(7)32(43-30)34(38)41-10-3/h11-16H,8-10,17,19H2,1-7H3/b25-15+. The minimum atomic E-state index is -0.634. The summed E-state index contributed by atoms with van der Waals surface area (Å²) in [6, 6.07) is 11.4. The van der Waals surface area contributed by atoms with Gasteiger partial charge in [-0.15, -0.1) is 11.3 Å². The molecule has 1 aromatic heterocycles. The Morgan fingerprint density at radius 1 is 0.860 bits per heavy atom. The average Bonchev–Trinajstić information content (AvgIpc) is 3.27. The maximum absolute atomic E-state index is 13.3. The number of nitriles is 1. The number of ketones is 1. The lowest BCUT2D eigenvalue weighted by atomic mass is 10.0. The number of benzene rings is 2. The van der Waals surface area contributed by atoms with E-state index in [1.807, 2.05) is 13.0 Å². The Hall–Kier alpha value is -4.42. The summed E-state index contributed by atoms with van der Waals surface area (Å²) in [5.41, 5.74) is 5.59. The molecule has 0 radical (unpaired) electrons. The Balaban J connectivity index is 1.90. The molecule has 3 rings (SSSR count). The minimum absolute atomic E-state index is 0.111. The predicted octanol–water partition coefficient (Wildman–Crippen LogP) is 7.03. The highest BCUT2D eigenvalue weighted by atomic mass is 32.1. The smallest absolute Gasteiger partial charge is 0.348 e. The third kappa shape index (κ3) is 8.11. The molecule has 0 bridgehead atoms. The summed E-state index contributed by atoms with van der Waals surface area (Å²) in [6.07, 6.45) is 1.22. The first-order valence-electron chi connectivity index (χ1n) is 14.1. The van der Waals surface area contributed by atoms with E-state index < -0.39 is 17.7 Å². The van der Waals surface area contributed by atoms with Crippen molar-refractivity contribution >= 4 is 35.1 Å². The molecule has 1 heterocycles. The number of hydrogen-bond donors (Lipinski definition) is 0. The largest absolute Gasteiger partial charge is 0.490 e. The van der Waals surface area contributed by atoms with Crippen LogP contribution in [0.2, 0.25) is 0 Å². The quantitative estimate of drug-likeness (QED) is 0.116. The second-order valence-corrected chi connectivity index (χ2v) is 11.0. The molecular formula is C34H37NO7S.